The lowest BCUT2D eigenvalue weighted by atomic mass is 10.0. The molecule has 1 heterocycles. The van der Waals surface area contributed by atoms with Gasteiger partial charge in [-0.3, -0.25) is 14.9 Å². The highest BCUT2D eigenvalue weighted by molar-refractivity contribution is 6.33. The van der Waals surface area contributed by atoms with Crippen molar-refractivity contribution in [2.45, 2.75) is 34.1 Å². The fourth-order valence-corrected chi connectivity index (χ4v) is 3.50. The number of fused-ring (bicyclic) bond motifs is 1. The van der Waals surface area contributed by atoms with E-state index in [4.69, 9.17) is 16.0 Å². The van der Waals surface area contributed by atoms with Gasteiger partial charge in [-0.15, -0.1) is 0 Å². The summed E-state index contributed by atoms with van der Waals surface area (Å²) in [5, 5.41) is 15.5. The predicted molar refractivity (Wildman–Crippen MR) is 106 cm³/mol. The number of nitro benzene ring substituents is 1. The highest BCUT2D eigenvalue weighted by Crippen LogP contribution is 2.33. The quantitative estimate of drug-likeness (QED) is 0.479. The van der Waals surface area contributed by atoms with Gasteiger partial charge in [0.05, 0.1) is 17.6 Å². The number of nitrogens with zero attached hydrogens (tertiary/aromatic N) is 1. The van der Waals surface area contributed by atoms with E-state index in [-0.39, 0.29) is 23.7 Å². The molecule has 0 spiro atoms. The van der Waals surface area contributed by atoms with Gasteiger partial charge in [-0.1, -0.05) is 17.7 Å². The van der Waals surface area contributed by atoms with E-state index >= 15 is 0 Å². The van der Waals surface area contributed by atoms with Crippen LogP contribution in [0.1, 0.15) is 27.8 Å². The molecule has 3 rings (SSSR count). The molecule has 3 aromatic rings. The number of hydrogen-bond donors (Lipinski definition) is 1. The number of nitro groups is 1. The second-order valence-electron chi connectivity index (χ2n) is 6.72. The van der Waals surface area contributed by atoms with Crippen LogP contribution in [0.25, 0.3) is 11.0 Å². The van der Waals surface area contributed by atoms with Gasteiger partial charge in [-0.05, 0) is 56.0 Å². The molecule has 0 aliphatic carbocycles. The van der Waals surface area contributed by atoms with Crippen LogP contribution in [0.2, 0.25) is 5.02 Å². The van der Waals surface area contributed by atoms with E-state index in [0.29, 0.717) is 21.7 Å². The minimum Gasteiger partial charge on any atom is -0.464 e. The van der Waals surface area contributed by atoms with Crippen LogP contribution in [0, 0.1) is 37.8 Å². The van der Waals surface area contributed by atoms with Crippen LogP contribution in [-0.2, 0) is 11.2 Å². The zero-order valence-electron chi connectivity index (χ0n) is 15.5. The molecular formula is C20H19ClN2O4. The van der Waals surface area contributed by atoms with Crippen molar-refractivity contribution >= 4 is 39.9 Å². The van der Waals surface area contributed by atoms with Crippen molar-refractivity contribution < 1.29 is 14.1 Å². The topological polar surface area (TPSA) is 85.4 Å². The first-order valence-electron chi connectivity index (χ1n) is 8.40. The minimum atomic E-state index is -0.491. The number of anilines is 1. The monoisotopic (exact) mass is 386 g/mol. The Balaban J connectivity index is 1.93. The van der Waals surface area contributed by atoms with Crippen molar-refractivity contribution in [3.8, 4) is 0 Å². The molecule has 0 saturated carbocycles. The average Bonchev–Trinajstić information content (AvgIpc) is 2.97. The molecule has 0 aliphatic heterocycles. The lowest BCUT2D eigenvalue weighted by Gasteiger charge is -2.10. The summed E-state index contributed by atoms with van der Waals surface area (Å²) in [5.41, 5.74) is 4.60. The largest absolute Gasteiger partial charge is 0.464 e. The molecule has 0 aliphatic rings. The zero-order chi connectivity index (χ0) is 19.9. The van der Waals surface area contributed by atoms with Gasteiger partial charge in [0, 0.05) is 22.0 Å². The molecule has 2 aromatic carbocycles. The van der Waals surface area contributed by atoms with Gasteiger partial charge in [0.2, 0.25) is 5.91 Å². The van der Waals surface area contributed by atoms with E-state index in [9.17, 15) is 14.9 Å². The summed E-state index contributed by atoms with van der Waals surface area (Å²) < 4.78 is 5.57. The zero-order valence-corrected chi connectivity index (χ0v) is 16.2. The van der Waals surface area contributed by atoms with Gasteiger partial charge in [0.25, 0.3) is 5.69 Å². The van der Waals surface area contributed by atoms with Gasteiger partial charge in [0.1, 0.15) is 11.3 Å². The number of halogens is 1. The van der Waals surface area contributed by atoms with Crippen molar-refractivity contribution in [1.82, 2.24) is 0 Å². The number of aryl methyl sites for hydroxylation is 4. The molecule has 0 bridgehead atoms. The van der Waals surface area contributed by atoms with Crippen LogP contribution < -0.4 is 5.32 Å². The molecule has 0 atom stereocenters. The standard InChI is InChI=1S/C20H19ClN2O4/c1-10-5-12(3)20(15(6-10)23(25)26)22-17(24)8-14-9-27-16-7-11(2)19(21)13(4)18(14)16/h5-7,9H,8H2,1-4H3,(H,22,24). The number of benzene rings is 2. The van der Waals surface area contributed by atoms with Crippen molar-refractivity contribution in [2.24, 2.45) is 0 Å². The number of carbonyl (C=O) groups excluding carboxylic acids is 1. The molecule has 1 N–H and O–H groups in total. The number of hydrogen-bond acceptors (Lipinski definition) is 4. The minimum absolute atomic E-state index is 0.0255. The van der Waals surface area contributed by atoms with E-state index in [1.54, 1.807) is 19.9 Å². The predicted octanol–water partition coefficient (Wildman–Crippen LogP) is 5.41. The summed E-state index contributed by atoms with van der Waals surface area (Å²) in [6.07, 6.45) is 1.56. The summed E-state index contributed by atoms with van der Waals surface area (Å²) in [7, 11) is 0. The lowest BCUT2D eigenvalue weighted by molar-refractivity contribution is -0.384. The maximum Gasteiger partial charge on any atom is 0.293 e. The van der Waals surface area contributed by atoms with Crippen molar-refractivity contribution in [2.75, 3.05) is 5.32 Å². The summed E-state index contributed by atoms with van der Waals surface area (Å²) >= 11 is 6.33. The Hall–Kier alpha value is -2.86. The summed E-state index contributed by atoms with van der Waals surface area (Å²) in [4.78, 5) is 23.4. The van der Waals surface area contributed by atoms with E-state index in [2.05, 4.69) is 5.32 Å². The number of nitrogens with one attached hydrogen (secondary N) is 1. The molecule has 1 aromatic heterocycles. The fraction of sp³-hybridized carbons (Fsp3) is 0.250. The Morgan fingerprint density at radius 1 is 1.19 bits per heavy atom. The SMILES string of the molecule is Cc1cc(C)c(NC(=O)Cc2coc3cc(C)c(Cl)c(C)c23)c([N+](=O)[O-])c1. The Morgan fingerprint density at radius 3 is 2.56 bits per heavy atom. The molecule has 0 unspecified atom stereocenters. The Kier molecular flexibility index (Phi) is 4.93. The first-order chi connectivity index (χ1) is 12.7. The first kappa shape index (κ1) is 18.9. The van der Waals surface area contributed by atoms with Crippen molar-refractivity contribution in [3.05, 3.63) is 67.4 Å². The summed E-state index contributed by atoms with van der Waals surface area (Å²) in [6, 6.07) is 5.08. The van der Waals surface area contributed by atoms with Crippen LogP contribution >= 0.6 is 11.6 Å². The van der Waals surface area contributed by atoms with Crippen molar-refractivity contribution in [3.63, 3.8) is 0 Å². The summed E-state index contributed by atoms with van der Waals surface area (Å²) in [5.74, 6) is -0.358. The van der Waals surface area contributed by atoms with Gasteiger partial charge in [0.15, 0.2) is 0 Å². The van der Waals surface area contributed by atoms with E-state index in [0.717, 1.165) is 22.1 Å². The van der Waals surface area contributed by atoms with E-state index in [1.165, 1.54) is 12.3 Å². The van der Waals surface area contributed by atoms with Crippen molar-refractivity contribution in [1.29, 1.82) is 0 Å². The van der Waals surface area contributed by atoms with Crippen LogP contribution in [-0.4, -0.2) is 10.8 Å². The van der Waals surface area contributed by atoms with Gasteiger partial charge < -0.3 is 9.73 Å². The maximum atomic E-state index is 12.6. The third-order valence-corrected chi connectivity index (χ3v) is 5.15. The third-order valence-electron chi connectivity index (χ3n) is 4.56. The second-order valence-corrected chi connectivity index (χ2v) is 7.10. The molecule has 7 heteroatoms. The number of rotatable bonds is 4. The third kappa shape index (κ3) is 3.53. The highest BCUT2D eigenvalue weighted by atomic mass is 35.5. The van der Waals surface area contributed by atoms with Crippen LogP contribution in [0.5, 0.6) is 0 Å². The lowest BCUT2D eigenvalue weighted by Crippen LogP contribution is -2.16. The first-order valence-corrected chi connectivity index (χ1v) is 8.78. The second kappa shape index (κ2) is 7.04. The highest BCUT2D eigenvalue weighted by Gasteiger charge is 2.21. The molecular weight excluding hydrogens is 368 g/mol. The van der Waals surface area contributed by atoms with Crippen LogP contribution in [0.4, 0.5) is 11.4 Å². The van der Waals surface area contributed by atoms with E-state index in [1.807, 2.05) is 19.9 Å². The fourth-order valence-electron chi connectivity index (χ4n) is 3.35. The van der Waals surface area contributed by atoms with Gasteiger partial charge in [-0.2, -0.15) is 0 Å². The molecule has 0 radical (unpaired) electrons. The Morgan fingerprint density at radius 2 is 1.89 bits per heavy atom. The molecule has 27 heavy (non-hydrogen) atoms. The normalized spacial score (nSPS) is 11.0. The average molecular weight is 387 g/mol. The smallest absolute Gasteiger partial charge is 0.293 e. The number of carbonyl (C=O) groups is 1. The molecule has 140 valence electrons. The van der Waals surface area contributed by atoms with Gasteiger partial charge in [-0.25, -0.2) is 0 Å². The molecule has 0 saturated heterocycles. The van der Waals surface area contributed by atoms with Crippen LogP contribution in [0.3, 0.4) is 0 Å². The van der Waals surface area contributed by atoms with E-state index < -0.39 is 4.92 Å². The van der Waals surface area contributed by atoms with Crippen LogP contribution in [0.15, 0.2) is 28.9 Å². The summed E-state index contributed by atoms with van der Waals surface area (Å²) in [6.45, 7) is 7.28. The Labute approximate surface area is 161 Å². The molecule has 0 fully saturated rings. The maximum absolute atomic E-state index is 12.6. The van der Waals surface area contributed by atoms with Gasteiger partial charge >= 0.3 is 0 Å². The molecule has 6 nitrogen and oxygen atoms in total. The number of amides is 1. The Bertz CT molecular complexity index is 1090. The number of furan rings is 1. The molecule has 1 amide bonds.